The molecule has 0 saturated heterocycles. The maximum atomic E-state index is 5.62. The highest BCUT2D eigenvalue weighted by atomic mass is 16.5. The predicted octanol–water partition coefficient (Wildman–Crippen LogP) is 4.99. The third kappa shape index (κ3) is 3.77. The highest BCUT2D eigenvalue weighted by Gasteiger charge is 2.34. The third-order valence-corrected chi connectivity index (χ3v) is 7.54. The van der Waals surface area contributed by atoms with Crippen molar-refractivity contribution in [2.45, 2.75) is 51.1 Å². The zero-order valence-corrected chi connectivity index (χ0v) is 19.0. The molecule has 0 fully saturated rings. The zero-order chi connectivity index (χ0) is 21.4. The van der Waals surface area contributed by atoms with Crippen LogP contribution in [0.2, 0.25) is 0 Å². The summed E-state index contributed by atoms with van der Waals surface area (Å²) in [5.41, 5.74) is 9.15. The van der Waals surface area contributed by atoms with E-state index in [-0.39, 0.29) is 0 Å². The molecule has 4 nitrogen and oxygen atoms in total. The number of nitrogens with one attached hydrogen (secondary N) is 1. The fourth-order valence-corrected chi connectivity index (χ4v) is 5.85. The lowest BCUT2D eigenvalue weighted by molar-refractivity contribution is 0.182. The van der Waals surface area contributed by atoms with Crippen molar-refractivity contribution < 1.29 is 9.47 Å². The molecule has 0 saturated carbocycles. The van der Waals surface area contributed by atoms with E-state index < -0.39 is 0 Å². The van der Waals surface area contributed by atoms with Crippen LogP contribution in [-0.4, -0.2) is 38.8 Å². The van der Waals surface area contributed by atoms with Crippen LogP contribution in [0.4, 0.5) is 0 Å². The maximum absolute atomic E-state index is 5.62. The lowest BCUT2D eigenvalue weighted by Crippen LogP contribution is -2.40. The Hall–Kier alpha value is -2.30. The van der Waals surface area contributed by atoms with Gasteiger partial charge in [-0.15, -0.1) is 0 Å². The van der Waals surface area contributed by atoms with Gasteiger partial charge < -0.3 is 14.8 Å². The van der Waals surface area contributed by atoms with Crippen LogP contribution in [0, 0.1) is 0 Å². The summed E-state index contributed by atoms with van der Waals surface area (Å²) in [6.07, 6.45) is 5.60. The highest BCUT2D eigenvalue weighted by Crippen LogP contribution is 2.43. The fourth-order valence-electron chi connectivity index (χ4n) is 5.85. The van der Waals surface area contributed by atoms with E-state index in [1.165, 1.54) is 24.1 Å². The molecule has 0 amide bonds. The molecule has 2 atom stereocenters. The van der Waals surface area contributed by atoms with Crippen molar-refractivity contribution in [2.75, 3.05) is 33.9 Å². The van der Waals surface area contributed by atoms with E-state index in [1.54, 1.807) is 36.5 Å². The molecule has 2 aromatic carbocycles. The second-order valence-electron chi connectivity index (χ2n) is 9.07. The van der Waals surface area contributed by atoms with Gasteiger partial charge in [0.15, 0.2) is 11.5 Å². The monoisotopic (exact) mass is 418 g/mol. The molecule has 0 radical (unpaired) electrons. The number of hydrogen-bond donors (Lipinski definition) is 1. The Morgan fingerprint density at radius 2 is 1.77 bits per heavy atom. The molecule has 31 heavy (non-hydrogen) atoms. The summed E-state index contributed by atoms with van der Waals surface area (Å²) in [4.78, 5) is 2.71. The molecule has 3 aliphatic rings. The number of benzene rings is 2. The molecule has 0 unspecified atom stereocenters. The molecule has 5 rings (SSSR count). The van der Waals surface area contributed by atoms with Crippen molar-refractivity contribution >= 4 is 0 Å². The van der Waals surface area contributed by atoms with Gasteiger partial charge in [0.05, 0.1) is 14.2 Å². The van der Waals surface area contributed by atoms with Gasteiger partial charge in [-0.25, -0.2) is 0 Å². The van der Waals surface area contributed by atoms with E-state index in [4.69, 9.17) is 9.47 Å². The Kier molecular flexibility index (Phi) is 5.77. The van der Waals surface area contributed by atoms with Gasteiger partial charge in [-0.3, -0.25) is 4.90 Å². The van der Waals surface area contributed by atoms with Gasteiger partial charge in [-0.2, -0.15) is 0 Å². The first-order chi connectivity index (χ1) is 15.2. The molecule has 0 aromatic heterocycles. The highest BCUT2D eigenvalue weighted by molar-refractivity contribution is 5.50. The van der Waals surface area contributed by atoms with E-state index in [0.29, 0.717) is 12.1 Å². The van der Waals surface area contributed by atoms with Gasteiger partial charge in [0.2, 0.25) is 0 Å². The third-order valence-electron chi connectivity index (χ3n) is 7.54. The van der Waals surface area contributed by atoms with Gasteiger partial charge in [0.25, 0.3) is 0 Å². The predicted molar refractivity (Wildman–Crippen MR) is 125 cm³/mol. The molecular weight excluding hydrogens is 384 g/mol. The van der Waals surface area contributed by atoms with Crippen LogP contribution in [0.25, 0.3) is 0 Å². The molecule has 2 aromatic rings. The smallest absolute Gasteiger partial charge is 0.161 e. The van der Waals surface area contributed by atoms with E-state index >= 15 is 0 Å². The van der Waals surface area contributed by atoms with Crippen molar-refractivity contribution in [1.29, 1.82) is 0 Å². The van der Waals surface area contributed by atoms with Crippen molar-refractivity contribution in [3.8, 4) is 11.5 Å². The normalized spacial score (nSPS) is 23.1. The summed E-state index contributed by atoms with van der Waals surface area (Å²) < 4.78 is 11.2. The Bertz CT molecular complexity index is 997. The Morgan fingerprint density at radius 1 is 0.968 bits per heavy atom. The molecular formula is C27H34N2O2. The van der Waals surface area contributed by atoms with Crippen LogP contribution in [0.1, 0.15) is 60.5 Å². The van der Waals surface area contributed by atoms with Crippen LogP contribution >= 0.6 is 0 Å². The summed E-state index contributed by atoms with van der Waals surface area (Å²) in [6, 6.07) is 14.3. The fraction of sp³-hybridized carbons (Fsp3) is 0.481. The topological polar surface area (TPSA) is 33.7 Å². The molecule has 3 aliphatic heterocycles. The summed E-state index contributed by atoms with van der Waals surface area (Å²) in [5.74, 6) is 1.66. The standard InChI is InChI=1S/C27H34N2O2/c1-4-18-17-29-12-10-19-7-5-6-8-22(19)25(29)14-21(18)13-24-23-16-27(31-3)26(30-2)15-20(23)9-11-28-24/h5-8,15-16,24-25,28H,4,9-14,17H2,1-3H3/t24-,25+/m0/s1. The number of hydrogen-bond acceptors (Lipinski definition) is 4. The quantitative estimate of drug-likeness (QED) is 0.694. The first kappa shape index (κ1) is 20.6. The average Bonchev–Trinajstić information content (AvgIpc) is 2.82. The summed E-state index contributed by atoms with van der Waals surface area (Å²) >= 11 is 0. The number of fused-ring (bicyclic) bond motifs is 4. The number of rotatable bonds is 5. The van der Waals surface area contributed by atoms with Gasteiger partial charge >= 0.3 is 0 Å². The van der Waals surface area contributed by atoms with Crippen LogP contribution in [0.5, 0.6) is 11.5 Å². The van der Waals surface area contributed by atoms with Crippen LogP contribution in [0.15, 0.2) is 47.5 Å². The van der Waals surface area contributed by atoms with Crippen LogP contribution < -0.4 is 14.8 Å². The minimum absolute atomic E-state index is 0.338. The lowest BCUT2D eigenvalue weighted by Gasteiger charge is -2.43. The summed E-state index contributed by atoms with van der Waals surface area (Å²) in [7, 11) is 3.44. The van der Waals surface area contributed by atoms with Crippen LogP contribution in [0.3, 0.4) is 0 Å². The van der Waals surface area contributed by atoms with E-state index in [9.17, 15) is 0 Å². The summed E-state index contributed by atoms with van der Waals surface area (Å²) in [6.45, 7) is 5.64. The molecule has 4 heteroatoms. The number of nitrogens with zero attached hydrogens (tertiary/aromatic N) is 1. The SMILES string of the molecule is CCC1=C(C[C@@H]2NCCc3cc(OC)c(OC)cc32)C[C@@H]2c3ccccc3CCN2C1. The van der Waals surface area contributed by atoms with Gasteiger partial charge in [-0.05, 0) is 73.0 Å². The first-order valence-electron chi connectivity index (χ1n) is 11.7. The van der Waals surface area contributed by atoms with E-state index in [2.05, 4.69) is 53.5 Å². The van der Waals surface area contributed by atoms with Crippen molar-refractivity contribution in [1.82, 2.24) is 10.2 Å². The van der Waals surface area contributed by atoms with Gasteiger partial charge in [0, 0.05) is 25.2 Å². The summed E-state index contributed by atoms with van der Waals surface area (Å²) in [5, 5.41) is 3.80. The van der Waals surface area contributed by atoms with Crippen molar-refractivity contribution in [2.24, 2.45) is 0 Å². The van der Waals surface area contributed by atoms with Gasteiger partial charge in [0.1, 0.15) is 0 Å². The van der Waals surface area contributed by atoms with Crippen molar-refractivity contribution in [3.05, 3.63) is 69.8 Å². The van der Waals surface area contributed by atoms with E-state index in [0.717, 1.165) is 50.3 Å². The molecule has 1 N–H and O–H groups in total. The molecule has 164 valence electrons. The second-order valence-corrected chi connectivity index (χ2v) is 9.07. The van der Waals surface area contributed by atoms with E-state index in [1.807, 2.05) is 0 Å². The Morgan fingerprint density at radius 3 is 2.58 bits per heavy atom. The number of methoxy groups -OCH3 is 2. The van der Waals surface area contributed by atoms with Crippen LogP contribution in [-0.2, 0) is 12.8 Å². The van der Waals surface area contributed by atoms with Crippen molar-refractivity contribution in [3.63, 3.8) is 0 Å². The minimum atomic E-state index is 0.338. The number of ether oxygens (including phenoxy) is 2. The Balaban J connectivity index is 1.45. The second kappa shape index (κ2) is 8.68. The molecule has 3 heterocycles. The van der Waals surface area contributed by atoms with Gasteiger partial charge in [-0.1, -0.05) is 42.3 Å². The minimum Gasteiger partial charge on any atom is -0.493 e. The maximum Gasteiger partial charge on any atom is 0.161 e. The molecule has 0 aliphatic carbocycles. The Labute approximate surface area is 186 Å². The molecule has 0 spiro atoms. The average molecular weight is 419 g/mol. The zero-order valence-electron chi connectivity index (χ0n) is 19.0. The first-order valence-corrected chi connectivity index (χ1v) is 11.7. The largest absolute Gasteiger partial charge is 0.493 e. The molecule has 0 bridgehead atoms. The lowest BCUT2D eigenvalue weighted by atomic mass is 9.80.